The van der Waals surface area contributed by atoms with Crippen LogP contribution in [0, 0.1) is 0 Å². The fourth-order valence-corrected chi connectivity index (χ4v) is 18.7. The van der Waals surface area contributed by atoms with Crippen LogP contribution in [0.1, 0.15) is 0 Å². The Bertz CT molecular complexity index is 154. The minimum absolute atomic E-state index is 0.472. The average molecular weight is 375 g/mol. The standard InChI is InChI=1S/C3H6Cl7Si3/c4-11(5)3-12(6,7)1-2-13(8,9)10/h1-3H2. The van der Waals surface area contributed by atoms with Crippen LogP contribution in [-0.4, -0.2) is 20.1 Å². The molecule has 1 radical (unpaired) electrons. The van der Waals surface area contributed by atoms with E-state index >= 15 is 0 Å². The third kappa shape index (κ3) is 11.0. The summed E-state index contributed by atoms with van der Waals surface area (Å²) >= 11 is 40.5. The molecular formula is C3H6Cl7Si3. The van der Waals surface area contributed by atoms with Gasteiger partial charge in [-0.15, -0.1) is 77.6 Å². The number of halogens is 7. The molecule has 0 N–H and O–H groups in total. The van der Waals surface area contributed by atoms with Crippen LogP contribution >= 0.6 is 77.6 Å². The van der Waals surface area contributed by atoms with E-state index in [0.29, 0.717) is 17.8 Å². The number of hydrogen-bond acceptors (Lipinski definition) is 0. The molecule has 0 aromatic rings. The van der Waals surface area contributed by atoms with Crippen molar-refractivity contribution in [3.05, 3.63) is 0 Å². The lowest BCUT2D eigenvalue weighted by molar-refractivity contribution is 1.39. The molecule has 0 heterocycles. The predicted octanol–water partition coefficient (Wildman–Crippen LogP) is 5.07. The van der Waals surface area contributed by atoms with E-state index < -0.39 is 20.1 Å². The van der Waals surface area contributed by atoms with Crippen molar-refractivity contribution >= 4 is 97.7 Å². The molecule has 0 aromatic heterocycles. The lowest BCUT2D eigenvalue weighted by Crippen LogP contribution is -2.26. The smallest absolute Gasteiger partial charge is 0.147 e. The highest BCUT2D eigenvalue weighted by Gasteiger charge is 2.36. The maximum atomic E-state index is 6.04. The maximum absolute atomic E-state index is 6.04. The van der Waals surface area contributed by atoms with Gasteiger partial charge in [0, 0.05) is 0 Å². The maximum Gasteiger partial charge on any atom is 0.341 e. The molecule has 0 spiro atoms. The Kier molecular flexibility index (Phi) is 7.75. The molecule has 0 aromatic carbocycles. The average Bonchev–Trinajstić information content (AvgIpc) is 1.79. The first-order valence-corrected chi connectivity index (χ1v) is 16.6. The van der Waals surface area contributed by atoms with Crippen LogP contribution in [-0.2, 0) is 0 Å². The highest BCUT2D eigenvalue weighted by molar-refractivity contribution is 7.65. The van der Waals surface area contributed by atoms with E-state index in [0.717, 1.165) is 0 Å². The van der Waals surface area contributed by atoms with Crippen molar-refractivity contribution in [2.24, 2.45) is 0 Å². The normalized spacial score (nSPS) is 13.8. The quantitative estimate of drug-likeness (QED) is 0.466. The molecule has 0 bridgehead atoms. The van der Waals surface area contributed by atoms with Gasteiger partial charge in [0.1, 0.15) is 0 Å². The number of hydrogen-bond donors (Lipinski definition) is 0. The summed E-state index contributed by atoms with van der Waals surface area (Å²) in [7, 11) is -1.43. The molecule has 10 heteroatoms. The van der Waals surface area contributed by atoms with Gasteiger partial charge in [0.15, 0.2) is 0 Å². The van der Waals surface area contributed by atoms with Crippen LogP contribution in [0.25, 0.3) is 0 Å². The van der Waals surface area contributed by atoms with Gasteiger partial charge in [-0.05, 0) is 17.8 Å². The van der Waals surface area contributed by atoms with Crippen LogP contribution in [0.15, 0.2) is 0 Å². The zero-order chi connectivity index (χ0) is 10.7. The Morgan fingerprint density at radius 1 is 0.846 bits per heavy atom. The van der Waals surface area contributed by atoms with Gasteiger partial charge in [-0.25, -0.2) is 0 Å². The third-order valence-corrected chi connectivity index (χ3v) is 14.2. The minimum atomic E-state index is -2.61. The highest BCUT2D eigenvalue weighted by Crippen LogP contribution is 2.36. The summed E-state index contributed by atoms with van der Waals surface area (Å²) in [4.78, 5) is 0. The van der Waals surface area contributed by atoms with E-state index in [-0.39, 0.29) is 0 Å². The first-order valence-electron chi connectivity index (χ1n) is 3.24. The van der Waals surface area contributed by atoms with Gasteiger partial charge in [-0.1, -0.05) is 0 Å². The third-order valence-electron chi connectivity index (χ3n) is 1.17. The summed E-state index contributed by atoms with van der Waals surface area (Å²) in [5.41, 5.74) is 0.499. The largest absolute Gasteiger partial charge is 0.341 e. The topological polar surface area (TPSA) is 0 Å². The fraction of sp³-hybridized carbons (Fsp3) is 1.00. The zero-order valence-corrected chi connectivity index (χ0v) is 14.6. The summed E-state index contributed by atoms with van der Waals surface area (Å²) in [5.74, 6) is 0. The Hall–Kier alpha value is 2.68. The zero-order valence-electron chi connectivity index (χ0n) is 6.27. The monoisotopic (exact) mass is 371 g/mol. The second kappa shape index (κ2) is 6.42. The molecule has 0 rings (SSSR count). The molecule has 0 fully saturated rings. The second-order valence-electron chi connectivity index (χ2n) is 2.49. The summed E-state index contributed by atoms with van der Waals surface area (Å²) in [6.45, 7) is -2.37. The van der Waals surface area contributed by atoms with Crippen molar-refractivity contribution in [2.45, 2.75) is 17.8 Å². The number of rotatable bonds is 5. The Morgan fingerprint density at radius 2 is 1.31 bits per heavy atom. The van der Waals surface area contributed by atoms with Gasteiger partial charge in [-0.2, -0.15) is 0 Å². The Balaban J connectivity index is 3.89. The molecular weight excluding hydrogens is 368 g/mol. The van der Waals surface area contributed by atoms with E-state index in [1.54, 1.807) is 0 Å². The summed E-state index contributed by atoms with van der Waals surface area (Å²) in [5, 5.41) is 0. The van der Waals surface area contributed by atoms with E-state index in [9.17, 15) is 0 Å². The first kappa shape index (κ1) is 15.7. The van der Waals surface area contributed by atoms with Crippen molar-refractivity contribution in [2.75, 3.05) is 0 Å². The molecule has 0 atom stereocenters. The second-order valence-corrected chi connectivity index (χ2v) is 24.3. The molecule has 79 valence electrons. The Labute approximate surface area is 114 Å². The molecule has 0 saturated carbocycles. The van der Waals surface area contributed by atoms with Crippen LogP contribution < -0.4 is 0 Å². The van der Waals surface area contributed by atoms with Gasteiger partial charge >= 0.3 is 6.00 Å². The molecule has 0 aliphatic rings. The van der Waals surface area contributed by atoms with Gasteiger partial charge in [0.05, 0.1) is 0 Å². The summed E-state index contributed by atoms with van der Waals surface area (Å²) in [6, 6.07) is -1.59. The van der Waals surface area contributed by atoms with Crippen molar-refractivity contribution in [3.63, 3.8) is 0 Å². The summed E-state index contributed by atoms with van der Waals surface area (Å²) < 4.78 is 0. The minimum Gasteiger partial charge on any atom is -0.147 e. The van der Waals surface area contributed by atoms with Crippen molar-refractivity contribution in [3.8, 4) is 0 Å². The SMILES string of the molecule is Cl[Si](Cl)C[Si](Cl)(Cl)CC[Si](Cl)(Cl)Cl. The van der Waals surface area contributed by atoms with Crippen molar-refractivity contribution in [1.82, 2.24) is 0 Å². The Morgan fingerprint density at radius 3 is 1.62 bits per heavy atom. The molecule has 0 amide bonds. The van der Waals surface area contributed by atoms with Gasteiger partial charge < -0.3 is 0 Å². The van der Waals surface area contributed by atoms with Crippen LogP contribution in [0.4, 0.5) is 0 Å². The van der Waals surface area contributed by atoms with E-state index in [4.69, 9.17) is 77.6 Å². The van der Waals surface area contributed by atoms with Crippen LogP contribution in [0.5, 0.6) is 0 Å². The first-order chi connectivity index (χ1) is 5.62. The van der Waals surface area contributed by atoms with E-state index in [1.165, 1.54) is 0 Å². The lowest BCUT2D eigenvalue weighted by atomic mass is 11.0. The molecule has 0 aliphatic carbocycles. The summed E-state index contributed by atoms with van der Waals surface area (Å²) in [6.07, 6.45) is 0. The van der Waals surface area contributed by atoms with Gasteiger partial charge in [0.25, 0.3) is 14.1 Å². The fourth-order valence-electron chi connectivity index (χ4n) is 0.609. The van der Waals surface area contributed by atoms with Crippen LogP contribution in [0.3, 0.4) is 0 Å². The van der Waals surface area contributed by atoms with E-state index in [2.05, 4.69) is 0 Å². The molecule has 0 nitrogen and oxygen atoms in total. The van der Waals surface area contributed by atoms with Gasteiger partial charge in [0.2, 0.25) is 0 Å². The molecule has 13 heavy (non-hydrogen) atoms. The van der Waals surface area contributed by atoms with Crippen molar-refractivity contribution < 1.29 is 0 Å². The molecule has 0 unspecified atom stereocenters. The van der Waals surface area contributed by atoms with Gasteiger partial charge in [-0.3, -0.25) is 0 Å². The van der Waals surface area contributed by atoms with Crippen LogP contribution in [0.2, 0.25) is 17.8 Å². The van der Waals surface area contributed by atoms with E-state index in [1.807, 2.05) is 0 Å². The highest BCUT2D eigenvalue weighted by atomic mass is 35.8. The van der Waals surface area contributed by atoms with Crippen molar-refractivity contribution in [1.29, 1.82) is 0 Å². The molecule has 0 aliphatic heterocycles. The lowest BCUT2D eigenvalue weighted by Gasteiger charge is -2.17. The predicted molar refractivity (Wildman–Crippen MR) is 72.7 cm³/mol. The molecule has 0 saturated heterocycles.